The van der Waals surface area contributed by atoms with Crippen LogP contribution in [0.2, 0.25) is 0 Å². The topological polar surface area (TPSA) is 55.9 Å². The molecule has 0 saturated heterocycles. The molecule has 0 spiro atoms. The lowest BCUT2D eigenvalue weighted by Gasteiger charge is -2.17. The second kappa shape index (κ2) is 6.91. The summed E-state index contributed by atoms with van der Waals surface area (Å²) in [7, 11) is 0. The van der Waals surface area contributed by atoms with Crippen molar-refractivity contribution < 1.29 is 13.2 Å². The average molecular weight is 278 g/mol. The summed E-state index contributed by atoms with van der Waals surface area (Å²) in [6.45, 7) is 4.12. The van der Waals surface area contributed by atoms with E-state index in [0.29, 0.717) is 11.7 Å². The van der Waals surface area contributed by atoms with Gasteiger partial charge in [-0.2, -0.15) is 18.3 Å². The molecule has 1 rings (SSSR count). The molecule has 1 atom stereocenters. The Morgan fingerprint density at radius 3 is 2.47 bits per heavy atom. The van der Waals surface area contributed by atoms with E-state index in [1.807, 2.05) is 10.9 Å². The highest BCUT2D eigenvalue weighted by molar-refractivity contribution is 5.02. The van der Waals surface area contributed by atoms with Gasteiger partial charge in [-0.1, -0.05) is 13.8 Å². The number of hydrogen-bond acceptors (Lipinski definition) is 3. The summed E-state index contributed by atoms with van der Waals surface area (Å²) in [6.07, 6.45) is -1.31. The Hall–Kier alpha value is -1.08. The molecule has 1 aromatic heterocycles. The van der Waals surface area contributed by atoms with E-state index < -0.39 is 18.6 Å². The number of rotatable bonds is 7. The summed E-state index contributed by atoms with van der Waals surface area (Å²) in [5.74, 6) is 5.16. The number of hydrazine groups is 1. The van der Waals surface area contributed by atoms with Crippen LogP contribution in [-0.4, -0.2) is 22.0 Å². The highest BCUT2D eigenvalue weighted by Gasteiger charge is 2.31. The molecule has 0 aliphatic heterocycles. The fourth-order valence-electron chi connectivity index (χ4n) is 2.07. The Labute approximate surface area is 111 Å². The van der Waals surface area contributed by atoms with E-state index in [4.69, 9.17) is 5.84 Å². The van der Waals surface area contributed by atoms with Crippen LogP contribution < -0.4 is 11.3 Å². The van der Waals surface area contributed by atoms with E-state index in [2.05, 4.69) is 24.4 Å². The predicted molar refractivity (Wildman–Crippen MR) is 67.3 cm³/mol. The first-order valence-corrected chi connectivity index (χ1v) is 6.46. The monoisotopic (exact) mass is 278 g/mol. The maximum Gasteiger partial charge on any atom is 0.390 e. The third kappa shape index (κ3) is 5.20. The molecular formula is C12H21F3N4. The molecule has 110 valence electrons. The summed E-state index contributed by atoms with van der Waals surface area (Å²) < 4.78 is 38.8. The van der Waals surface area contributed by atoms with Crippen molar-refractivity contribution in [3.63, 3.8) is 0 Å². The zero-order valence-electron chi connectivity index (χ0n) is 11.2. The van der Waals surface area contributed by atoms with Crippen LogP contribution >= 0.6 is 0 Å². The van der Waals surface area contributed by atoms with Crippen LogP contribution in [0.25, 0.3) is 0 Å². The van der Waals surface area contributed by atoms with Gasteiger partial charge in [0.15, 0.2) is 0 Å². The molecule has 3 N–H and O–H groups in total. The molecule has 19 heavy (non-hydrogen) atoms. The molecule has 0 saturated carbocycles. The quantitative estimate of drug-likeness (QED) is 0.595. The lowest BCUT2D eigenvalue weighted by Crippen LogP contribution is -2.40. The van der Waals surface area contributed by atoms with Crippen molar-refractivity contribution in [3.05, 3.63) is 18.0 Å². The summed E-state index contributed by atoms with van der Waals surface area (Å²) in [5, 5.41) is 4.32. The maximum atomic E-state index is 12.3. The molecule has 0 aromatic carbocycles. The van der Waals surface area contributed by atoms with Gasteiger partial charge >= 0.3 is 6.18 Å². The second-order valence-electron chi connectivity index (χ2n) is 4.64. The molecule has 0 aliphatic rings. The summed E-state index contributed by atoms with van der Waals surface area (Å²) >= 11 is 0. The zero-order chi connectivity index (χ0) is 14.5. The van der Waals surface area contributed by atoms with Crippen molar-refractivity contribution in [1.82, 2.24) is 15.2 Å². The van der Waals surface area contributed by atoms with Crippen molar-refractivity contribution in [2.75, 3.05) is 0 Å². The number of nitrogens with one attached hydrogen (secondary N) is 1. The number of aromatic nitrogens is 2. The molecule has 4 nitrogen and oxygen atoms in total. The van der Waals surface area contributed by atoms with Gasteiger partial charge in [-0.25, -0.2) is 0 Å². The van der Waals surface area contributed by atoms with Gasteiger partial charge in [-0.05, 0) is 18.9 Å². The first-order valence-electron chi connectivity index (χ1n) is 6.46. The fourth-order valence-corrected chi connectivity index (χ4v) is 2.07. The normalized spacial score (nSPS) is 14.1. The van der Waals surface area contributed by atoms with E-state index >= 15 is 0 Å². The van der Waals surface area contributed by atoms with Crippen LogP contribution in [0.5, 0.6) is 0 Å². The van der Waals surface area contributed by atoms with Crippen LogP contribution in [0.15, 0.2) is 12.3 Å². The van der Waals surface area contributed by atoms with Crippen molar-refractivity contribution in [3.8, 4) is 0 Å². The summed E-state index contributed by atoms with van der Waals surface area (Å²) in [4.78, 5) is 0. The van der Waals surface area contributed by atoms with E-state index in [-0.39, 0.29) is 6.42 Å². The van der Waals surface area contributed by atoms with Crippen molar-refractivity contribution in [2.24, 2.45) is 5.84 Å². The minimum atomic E-state index is -4.23. The van der Waals surface area contributed by atoms with Gasteiger partial charge in [0.1, 0.15) is 0 Å². The standard InChI is InChI=1S/C12H21F3N4/c1-3-11(4-2)19-6-5-9(18-19)7-10(17-16)8-12(13,14)15/h5-6,10-11,17H,3-4,7-8,16H2,1-2H3. The molecule has 1 unspecified atom stereocenters. The van der Waals surface area contributed by atoms with E-state index in [1.165, 1.54) is 0 Å². The first-order chi connectivity index (χ1) is 8.89. The Morgan fingerprint density at radius 2 is 2.00 bits per heavy atom. The largest absolute Gasteiger partial charge is 0.390 e. The molecule has 0 aliphatic carbocycles. The van der Waals surface area contributed by atoms with Crippen LogP contribution in [0.1, 0.15) is 44.8 Å². The summed E-state index contributed by atoms with van der Waals surface area (Å²) in [6, 6.07) is 1.20. The number of alkyl halides is 3. The Kier molecular flexibility index (Phi) is 5.81. The smallest absolute Gasteiger partial charge is 0.271 e. The number of hydrogen-bond donors (Lipinski definition) is 2. The number of nitrogens with zero attached hydrogens (tertiary/aromatic N) is 2. The van der Waals surface area contributed by atoms with Gasteiger partial charge < -0.3 is 0 Å². The Bertz CT molecular complexity index is 371. The highest BCUT2D eigenvalue weighted by atomic mass is 19.4. The zero-order valence-corrected chi connectivity index (χ0v) is 11.2. The van der Waals surface area contributed by atoms with E-state index in [0.717, 1.165) is 12.8 Å². The molecule has 0 bridgehead atoms. The third-order valence-corrected chi connectivity index (χ3v) is 3.15. The number of nitrogens with two attached hydrogens (primary N) is 1. The molecule has 0 fully saturated rings. The van der Waals surface area contributed by atoms with Gasteiger partial charge in [0.05, 0.1) is 18.2 Å². The van der Waals surface area contributed by atoms with Gasteiger partial charge in [0.25, 0.3) is 0 Å². The third-order valence-electron chi connectivity index (χ3n) is 3.15. The molecule has 1 aromatic rings. The van der Waals surface area contributed by atoms with Crippen molar-refractivity contribution >= 4 is 0 Å². The van der Waals surface area contributed by atoms with E-state index in [9.17, 15) is 13.2 Å². The van der Waals surface area contributed by atoms with Crippen LogP contribution in [0.3, 0.4) is 0 Å². The van der Waals surface area contributed by atoms with Gasteiger partial charge in [0, 0.05) is 18.7 Å². The minimum absolute atomic E-state index is 0.170. The van der Waals surface area contributed by atoms with Crippen molar-refractivity contribution in [1.29, 1.82) is 0 Å². The number of halogens is 3. The van der Waals surface area contributed by atoms with Gasteiger partial charge in [-0.15, -0.1) is 0 Å². The first kappa shape index (κ1) is 16.0. The van der Waals surface area contributed by atoms with Crippen LogP contribution in [0.4, 0.5) is 13.2 Å². The lowest BCUT2D eigenvalue weighted by molar-refractivity contribution is -0.140. The van der Waals surface area contributed by atoms with Crippen LogP contribution in [-0.2, 0) is 6.42 Å². The SMILES string of the molecule is CCC(CC)n1ccc(CC(CC(F)(F)F)NN)n1. The average Bonchev–Trinajstić information content (AvgIpc) is 2.76. The minimum Gasteiger partial charge on any atom is -0.271 e. The molecule has 0 radical (unpaired) electrons. The highest BCUT2D eigenvalue weighted by Crippen LogP contribution is 2.23. The second-order valence-corrected chi connectivity index (χ2v) is 4.64. The Morgan fingerprint density at radius 1 is 1.37 bits per heavy atom. The molecule has 1 heterocycles. The van der Waals surface area contributed by atoms with Crippen molar-refractivity contribution in [2.45, 2.75) is 57.8 Å². The Balaban J connectivity index is 2.66. The fraction of sp³-hybridized carbons (Fsp3) is 0.750. The molecular weight excluding hydrogens is 257 g/mol. The molecule has 7 heteroatoms. The lowest BCUT2D eigenvalue weighted by atomic mass is 10.1. The predicted octanol–water partition coefficient (Wildman–Crippen LogP) is 2.57. The van der Waals surface area contributed by atoms with E-state index in [1.54, 1.807) is 6.07 Å². The summed E-state index contributed by atoms with van der Waals surface area (Å²) in [5.41, 5.74) is 2.83. The van der Waals surface area contributed by atoms with Gasteiger partial charge in [-0.3, -0.25) is 16.0 Å². The van der Waals surface area contributed by atoms with Gasteiger partial charge in [0.2, 0.25) is 0 Å². The molecule has 0 amide bonds. The maximum absolute atomic E-state index is 12.3. The van der Waals surface area contributed by atoms with Crippen LogP contribution in [0, 0.1) is 0 Å².